The van der Waals surface area contributed by atoms with Crippen LogP contribution in [-0.2, 0) is 15.8 Å². The third-order valence-corrected chi connectivity index (χ3v) is 4.24. The number of nitrogens with two attached hydrogens (primary N) is 1. The highest BCUT2D eigenvalue weighted by atomic mass is 32.2. The second kappa shape index (κ2) is 5.10. The number of imidazole rings is 1. The van der Waals surface area contributed by atoms with E-state index < -0.39 is 10.0 Å². The Morgan fingerprint density at radius 1 is 1.10 bits per heavy atom. The predicted molar refractivity (Wildman–Crippen MR) is 83.2 cm³/mol. The van der Waals surface area contributed by atoms with E-state index in [1.54, 1.807) is 30.3 Å². The van der Waals surface area contributed by atoms with Crippen molar-refractivity contribution in [2.45, 2.75) is 5.75 Å². The minimum absolute atomic E-state index is 0.198. The van der Waals surface area contributed by atoms with Crippen LogP contribution in [0.2, 0.25) is 0 Å². The van der Waals surface area contributed by atoms with Crippen LogP contribution in [0.3, 0.4) is 0 Å². The van der Waals surface area contributed by atoms with Crippen molar-refractivity contribution in [1.29, 1.82) is 0 Å². The summed E-state index contributed by atoms with van der Waals surface area (Å²) in [5.41, 5.74) is 8.25. The molecule has 3 aromatic rings. The lowest BCUT2D eigenvalue weighted by Crippen LogP contribution is -2.16. The number of sulfonamides is 1. The molecule has 0 radical (unpaired) electrons. The number of nitrogens with one attached hydrogen (secondary N) is 2. The smallest absolute Gasteiger partial charge is 0.239 e. The number of aromatic amines is 1. The van der Waals surface area contributed by atoms with Gasteiger partial charge in [-0.2, -0.15) is 0 Å². The van der Waals surface area contributed by atoms with Gasteiger partial charge in [-0.1, -0.05) is 30.3 Å². The first-order chi connectivity index (χ1) is 10.0. The average molecular weight is 302 g/mol. The van der Waals surface area contributed by atoms with Crippen LogP contribution in [0.15, 0.2) is 48.5 Å². The molecule has 0 aliphatic carbocycles. The van der Waals surface area contributed by atoms with Crippen molar-refractivity contribution in [3.05, 3.63) is 54.1 Å². The van der Waals surface area contributed by atoms with E-state index in [1.165, 1.54) is 0 Å². The summed E-state index contributed by atoms with van der Waals surface area (Å²) >= 11 is 0. The lowest BCUT2D eigenvalue weighted by molar-refractivity contribution is 0.600. The molecule has 0 fully saturated rings. The number of H-pyrrole nitrogens is 1. The maximum Gasteiger partial charge on any atom is 0.239 e. The molecule has 0 amide bonds. The van der Waals surface area contributed by atoms with Gasteiger partial charge in [-0.3, -0.25) is 4.72 Å². The highest BCUT2D eigenvalue weighted by Gasteiger charge is 2.15. The van der Waals surface area contributed by atoms with Gasteiger partial charge < -0.3 is 10.7 Å². The van der Waals surface area contributed by atoms with E-state index >= 15 is 0 Å². The molecule has 1 heterocycles. The van der Waals surface area contributed by atoms with Gasteiger partial charge in [0.15, 0.2) is 0 Å². The highest BCUT2D eigenvalue weighted by Crippen LogP contribution is 2.18. The van der Waals surface area contributed by atoms with E-state index in [2.05, 4.69) is 14.7 Å². The fourth-order valence-electron chi connectivity index (χ4n) is 2.05. The second-order valence-corrected chi connectivity index (χ2v) is 6.38. The van der Waals surface area contributed by atoms with Crippen LogP contribution >= 0.6 is 0 Å². The van der Waals surface area contributed by atoms with E-state index in [0.29, 0.717) is 16.8 Å². The zero-order chi connectivity index (χ0) is 14.9. The van der Waals surface area contributed by atoms with Crippen molar-refractivity contribution in [3.63, 3.8) is 0 Å². The Hall–Kier alpha value is -2.54. The molecule has 4 N–H and O–H groups in total. The minimum atomic E-state index is -3.58. The molecular formula is C14H14N4O2S. The van der Waals surface area contributed by atoms with Gasteiger partial charge in [0.1, 0.15) is 0 Å². The van der Waals surface area contributed by atoms with Crippen molar-refractivity contribution in [3.8, 4) is 0 Å². The zero-order valence-electron chi connectivity index (χ0n) is 11.1. The number of nitrogen functional groups attached to an aromatic ring is 1. The summed E-state index contributed by atoms with van der Waals surface area (Å²) < 4.78 is 26.8. The molecule has 0 aliphatic rings. The zero-order valence-corrected chi connectivity index (χ0v) is 11.9. The molecule has 7 heteroatoms. The average Bonchev–Trinajstić information content (AvgIpc) is 2.82. The molecule has 0 spiro atoms. The molecule has 0 saturated heterocycles. The summed E-state index contributed by atoms with van der Waals surface area (Å²) in [5, 5.41) is 0. The van der Waals surface area contributed by atoms with Gasteiger partial charge in [0.25, 0.3) is 0 Å². The van der Waals surface area contributed by atoms with Crippen molar-refractivity contribution in [2.24, 2.45) is 0 Å². The van der Waals surface area contributed by atoms with Crippen LogP contribution in [-0.4, -0.2) is 18.4 Å². The molecule has 1 aromatic heterocycles. The Kier molecular flexibility index (Phi) is 3.26. The van der Waals surface area contributed by atoms with Crippen LogP contribution in [0, 0.1) is 0 Å². The van der Waals surface area contributed by atoms with E-state index in [9.17, 15) is 8.42 Å². The van der Waals surface area contributed by atoms with Crippen LogP contribution in [0.5, 0.6) is 0 Å². The van der Waals surface area contributed by atoms with E-state index in [0.717, 1.165) is 5.52 Å². The Labute approximate surface area is 122 Å². The predicted octanol–water partition coefficient (Wildman–Crippen LogP) is 2.09. The van der Waals surface area contributed by atoms with E-state index in [1.807, 2.05) is 18.2 Å². The number of hydrogen-bond acceptors (Lipinski definition) is 4. The Morgan fingerprint density at radius 2 is 1.81 bits per heavy atom. The number of nitrogens with zero attached hydrogens (tertiary/aromatic N) is 1. The molecule has 0 unspecified atom stereocenters. The molecular weight excluding hydrogens is 288 g/mol. The second-order valence-electron chi connectivity index (χ2n) is 4.66. The Morgan fingerprint density at radius 3 is 2.57 bits per heavy atom. The SMILES string of the molecule is Nc1ccccc1CS(=O)(=O)Nc1nc2ccccc2[nH]1. The van der Waals surface area contributed by atoms with Crippen LogP contribution in [0.4, 0.5) is 11.6 Å². The molecule has 0 aliphatic heterocycles. The van der Waals surface area contributed by atoms with Gasteiger partial charge in [-0.25, -0.2) is 13.4 Å². The Balaban J connectivity index is 1.84. The molecule has 0 atom stereocenters. The first-order valence-corrected chi connectivity index (χ1v) is 7.97. The van der Waals surface area contributed by atoms with Crippen LogP contribution in [0.25, 0.3) is 11.0 Å². The van der Waals surface area contributed by atoms with Gasteiger partial charge in [0.05, 0.1) is 16.8 Å². The number of aromatic nitrogens is 2. The maximum absolute atomic E-state index is 12.2. The summed E-state index contributed by atoms with van der Waals surface area (Å²) in [6.07, 6.45) is 0. The molecule has 21 heavy (non-hydrogen) atoms. The lowest BCUT2D eigenvalue weighted by Gasteiger charge is -2.07. The quantitative estimate of drug-likeness (QED) is 0.642. The Bertz CT molecular complexity index is 854. The number of anilines is 2. The van der Waals surface area contributed by atoms with Crippen molar-refractivity contribution in [1.82, 2.24) is 9.97 Å². The van der Waals surface area contributed by atoms with Crippen molar-refractivity contribution < 1.29 is 8.42 Å². The fraction of sp³-hybridized carbons (Fsp3) is 0.0714. The third-order valence-electron chi connectivity index (χ3n) is 3.04. The van der Waals surface area contributed by atoms with Gasteiger partial charge in [-0.05, 0) is 23.8 Å². The molecule has 6 nitrogen and oxygen atoms in total. The first-order valence-electron chi connectivity index (χ1n) is 6.32. The summed E-state index contributed by atoms with van der Waals surface area (Å²) in [7, 11) is -3.58. The molecule has 3 rings (SSSR count). The number of benzene rings is 2. The number of para-hydroxylation sites is 3. The van der Waals surface area contributed by atoms with Crippen molar-refractivity contribution in [2.75, 3.05) is 10.5 Å². The van der Waals surface area contributed by atoms with E-state index in [4.69, 9.17) is 5.73 Å². The largest absolute Gasteiger partial charge is 0.398 e. The van der Waals surface area contributed by atoms with Gasteiger partial charge >= 0.3 is 0 Å². The summed E-state index contributed by atoms with van der Waals surface area (Å²) in [5.74, 6) is 0.00202. The van der Waals surface area contributed by atoms with Gasteiger partial charge in [0, 0.05) is 5.69 Å². The highest BCUT2D eigenvalue weighted by molar-refractivity contribution is 7.91. The molecule has 0 saturated carbocycles. The number of fused-ring (bicyclic) bond motifs is 1. The number of hydrogen-bond donors (Lipinski definition) is 3. The molecule has 2 aromatic carbocycles. The summed E-state index contributed by atoms with van der Waals surface area (Å²) in [6.45, 7) is 0. The van der Waals surface area contributed by atoms with Crippen molar-refractivity contribution >= 4 is 32.7 Å². The normalized spacial score (nSPS) is 11.6. The maximum atomic E-state index is 12.2. The van der Waals surface area contributed by atoms with Crippen LogP contribution < -0.4 is 10.5 Å². The summed E-state index contributed by atoms with van der Waals surface area (Å²) in [4.78, 5) is 7.10. The minimum Gasteiger partial charge on any atom is -0.398 e. The topological polar surface area (TPSA) is 101 Å². The van der Waals surface area contributed by atoms with E-state index in [-0.39, 0.29) is 11.7 Å². The van der Waals surface area contributed by atoms with Gasteiger partial charge in [-0.15, -0.1) is 0 Å². The summed E-state index contributed by atoms with van der Waals surface area (Å²) in [6, 6.07) is 14.2. The standard InChI is InChI=1S/C14H14N4O2S/c15-11-6-2-1-5-10(11)9-21(19,20)18-14-16-12-7-3-4-8-13(12)17-14/h1-8H,9,15H2,(H2,16,17,18). The fourth-order valence-corrected chi connectivity index (χ4v) is 3.19. The van der Waals surface area contributed by atoms with Gasteiger partial charge in [0.2, 0.25) is 16.0 Å². The first kappa shape index (κ1) is 13.4. The lowest BCUT2D eigenvalue weighted by atomic mass is 10.2. The molecule has 0 bridgehead atoms. The molecule has 108 valence electrons. The number of rotatable bonds is 4. The monoisotopic (exact) mass is 302 g/mol. The van der Waals surface area contributed by atoms with Crippen LogP contribution in [0.1, 0.15) is 5.56 Å². The third kappa shape index (κ3) is 2.97.